The van der Waals surface area contributed by atoms with E-state index in [9.17, 15) is 9.59 Å². The van der Waals surface area contributed by atoms with Gasteiger partial charge in [-0.25, -0.2) is 0 Å². The average molecular weight is 244 g/mol. The van der Waals surface area contributed by atoms with Gasteiger partial charge >= 0.3 is 5.97 Å². The molecule has 1 saturated heterocycles. The number of nitrogens with zero attached hydrogens (tertiary/aromatic N) is 2. The first kappa shape index (κ1) is 13.9. The summed E-state index contributed by atoms with van der Waals surface area (Å²) in [6, 6.07) is 0. The van der Waals surface area contributed by atoms with E-state index >= 15 is 0 Å². The molecular formula is C11H20N2O4. The summed E-state index contributed by atoms with van der Waals surface area (Å²) >= 11 is 0. The van der Waals surface area contributed by atoms with E-state index in [-0.39, 0.29) is 12.5 Å². The highest BCUT2D eigenvalue weighted by atomic mass is 16.5. The van der Waals surface area contributed by atoms with Crippen LogP contribution in [0.1, 0.15) is 13.3 Å². The Morgan fingerprint density at radius 2 is 1.88 bits per heavy atom. The molecule has 0 aromatic heterocycles. The molecule has 0 aliphatic carbocycles. The fraction of sp³-hybridized carbons (Fsp3) is 0.818. The molecule has 1 aliphatic rings. The molecule has 0 bridgehead atoms. The summed E-state index contributed by atoms with van der Waals surface area (Å²) in [6.45, 7) is 5.52. The molecule has 17 heavy (non-hydrogen) atoms. The van der Waals surface area contributed by atoms with Crippen LogP contribution in [0.3, 0.4) is 0 Å². The van der Waals surface area contributed by atoms with Crippen LogP contribution in [0.2, 0.25) is 0 Å². The molecule has 1 aliphatic heterocycles. The molecular weight excluding hydrogens is 224 g/mol. The molecule has 1 fully saturated rings. The number of carbonyl (C=O) groups is 2. The molecule has 0 saturated carbocycles. The van der Waals surface area contributed by atoms with E-state index in [1.54, 1.807) is 4.90 Å². The van der Waals surface area contributed by atoms with Gasteiger partial charge in [-0.05, 0) is 6.92 Å². The molecule has 98 valence electrons. The summed E-state index contributed by atoms with van der Waals surface area (Å²) in [5.74, 6) is -0.727. The summed E-state index contributed by atoms with van der Waals surface area (Å²) in [6.07, 6.45) is 0.409. The Bertz CT molecular complexity index is 262. The van der Waals surface area contributed by atoms with Crippen LogP contribution in [-0.4, -0.2) is 72.7 Å². The third-order valence-corrected chi connectivity index (χ3v) is 2.75. The van der Waals surface area contributed by atoms with Crippen LogP contribution in [0.25, 0.3) is 0 Å². The van der Waals surface area contributed by atoms with Crippen molar-refractivity contribution in [3.05, 3.63) is 0 Å². The van der Waals surface area contributed by atoms with Gasteiger partial charge in [0.1, 0.15) is 0 Å². The highest BCUT2D eigenvalue weighted by molar-refractivity contribution is 5.76. The number of carboxylic acid groups (broad SMARTS) is 1. The van der Waals surface area contributed by atoms with Gasteiger partial charge in [0, 0.05) is 32.8 Å². The van der Waals surface area contributed by atoms with E-state index in [2.05, 4.69) is 0 Å². The van der Waals surface area contributed by atoms with Crippen molar-refractivity contribution in [2.75, 3.05) is 45.9 Å². The summed E-state index contributed by atoms with van der Waals surface area (Å²) in [5, 5.41) is 8.65. The monoisotopic (exact) mass is 244 g/mol. The Morgan fingerprint density at radius 3 is 2.41 bits per heavy atom. The molecule has 1 rings (SSSR count). The number of carboxylic acids is 1. The lowest BCUT2D eigenvalue weighted by molar-refractivity contribution is -0.139. The number of carbonyl (C=O) groups excluding carboxylic acids is 1. The fourth-order valence-electron chi connectivity index (χ4n) is 1.81. The molecule has 0 aromatic rings. The van der Waals surface area contributed by atoms with Crippen molar-refractivity contribution in [3.63, 3.8) is 0 Å². The van der Waals surface area contributed by atoms with E-state index in [1.807, 2.05) is 11.8 Å². The van der Waals surface area contributed by atoms with Crippen LogP contribution in [0.5, 0.6) is 0 Å². The molecule has 0 spiro atoms. The predicted octanol–water partition coefficient (Wildman–Crippen LogP) is -0.358. The zero-order valence-electron chi connectivity index (χ0n) is 10.2. The Balaban J connectivity index is 2.21. The molecule has 0 aromatic carbocycles. The minimum absolute atomic E-state index is 0.0565. The van der Waals surface area contributed by atoms with Gasteiger partial charge in [0.2, 0.25) is 5.91 Å². The van der Waals surface area contributed by atoms with Gasteiger partial charge < -0.3 is 14.7 Å². The maximum absolute atomic E-state index is 11.7. The zero-order chi connectivity index (χ0) is 12.7. The SMILES string of the molecule is CCOCCC(=O)N1CCN(CC(=O)O)CC1. The van der Waals surface area contributed by atoms with E-state index in [4.69, 9.17) is 9.84 Å². The molecule has 1 amide bonds. The first-order chi connectivity index (χ1) is 8.13. The summed E-state index contributed by atoms with van der Waals surface area (Å²) in [5.41, 5.74) is 0. The van der Waals surface area contributed by atoms with Gasteiger partial charge in [0.25, 0.3) is 0 Å². The van der Waals surface area contributed by atoms with Crippen molar-refractivity contribution in [2.45, 2.75) is 13.3 Å². The lowest BCUT2D eigenvalue weighted by Crippen LogP contribution is -2.50. The van der Waals surface area contributed by atoms with Crippen molar-refractivity contribution in [3.8, 4) is 0 Å². The van der Waals surface area contributed by atoms with Gasteiger partial charge in [-0.3, -0.25) is 14.5 Å². The first-order valence-electron chi connectivity index (χ1n) is 5.93. The topological polar surface area (TPSA) is 70.1 Å². The Morgan fingerprint density at radius 1 is 1.24 bits per heavy atom. The summed E-state index contributed by atoms with van der Waals surface area (Å²) < 4.78 is 5.13. The normalized spacial score (nSPS) is 17.1. The minimum Gasteiger partial charge on any atom is -0.480 e. The number of rotatable bonds is 6. The lowest BCUT2D eigenvalue weighted by Gasteiger charge is -2.33. The number of amides is 1. The van der Waals surface area contributed by atoms with E-state index in [0.29, 0.717) is 45.8 Å². The maximum Gasteiger partial charge on any atom is 0.317 e. The highest BCUT2D eigenvalue weighted by Gasteiger charge is 2.21. The van der Waals surface area contributed by atoms with Crippen molar-refractivity contribution in [2.24, 2.45) is 0 Å². The van der Waals surface area contributed by atoms with Gasteiger partial charge in [-0.1, -0.05) is 0 Å². The number of piperazine rings is 1. The van der Waals surface area contributed by atoms with E-state index in [0.717, 1.165) is 0 Å². The second kappa shape index (κ2) is 7.24. The summed E-state index contributed by atoms with van der Waals surface area (Å²) in [7, 11) is 0. The van der Waals surface area contributed by atoms with Gasteiger partial charge in [0.15, 0.2) is 0 Å². The fourth-order valence-corrected chi connectivity index (χ4v) is 1.81. The van der Waals surface area contributed by atoms with Crippen LogP contribution in [0.15, 0.2) is 0 Å². The quantitative estimate of drug-likeness (QED) is 0.646. The molecule has 1 heterocycles. The van der Waals surface area contributed by atoms with Crippen molar-refractivity contribution >= 4 is 11.9 Å². The second-order valence-electron chi connectivity index (χ2n) is 4.00. The second-order valence-corrected chi connectivity index (χ2v) is 4.00. The van der Waals surface area contributed by atoms with Crippen molar-refractivity contribution < 1.29 is 19.4 Å². The predicted molar refractivity (Wildman–Crippen MR) is 61.8 cm³/mol. The van der Waals surface area contributed by atoms with E-state index < -0.39 is 5.97 Å². The lowest BCUT2D eigenvalue weighted by atomic mass is 10.3. The number of aliphatic carboxylic acids is 1. The van der Waals surface area contributed by atoms with E-state index in [1.165, 1.54) is 0 Å². The highest BCUT2D eigenvalue weighted by Crippen LogP contribution is 2.03. The van der Waals surface area contributed by atoms with Crippen LogP contribution in [-0.2, 0) is 14.3 Å². The summed E-state index contributed by atoms with van der Waals surface area (Å²) in [4.78, 5) is 25.8. The molecule has 0 atom stereocenters. The smallest absolute Gasteiger partial charge is 0.317 e. The third kappa shape index (κ3) is 5.14. The van der Waals surface area contributed by atoms with Gasteiger partial charge in [-0.15, -0.1) is 0 Å². The minimum atomic E-state index is -0.818. The van der Waals surface area contributed by atoms with Gasteiger partial charge in [0.05, 0.1) is 19.6 Å². The van der Waals surface area contributed by atoms with Crippen LogP contribution in [0.4, 0.5) is 0 Å². The molecule has 1 N–H and O–H groups in total. The number of hydrogen-bond donors (Lipinski definition) is 1. The maximum atomic E-state index is 11.7. The third-order valence-electron chi connectivity index (χ3n) is 2.75. The van der Waals surface area contributed by atoms with Gasteiger partial charge in [-0.2, -0.15) is 0 Å². The largest absolute Gasteiger partial charge is 0.480 e. The standard InChI is InChI=1S/C11H20N2O4/c1-2-17-8-3-10(14)13-6-4-12(5-7-13)9-11(15)16/h2-9H2,1H3,(H,15,16). The Labute approximate surface area is 101 Å². The Kier molecular flexibility index (Phi) is 5.93. The molecule has 0 unspecified atom stereocenters. The average Bonchev–Trinajstić information content (AvgIpc) is 2.29. The van der Waals surface area contributed by atoms with Crippen LogP contribution in [0, 0.1) is 0 Å². The first-order valence-corrected chi connectivity index (χ1v) is 5.93. The molecule has 6 heteroatoms. The number of hydrogen-bond acceptors (Lipinski definition) is 4. The van der Waals surface area contributed by atoms with Crippen molar-refractivity contribution in [1.29, 1.82) is 0 Å². The Hall–Kier alpha value is -1.14. The zero-order valence-corrected chi connectivity index (χ0v) is 10.2. The van der Waals surface area contributed by atoms with Crippen molar-refractivity contribution in [1.82, 2.24) is 9.80 Å². The molecule has 0 radical (unpaired) electrons. The van der Waals surface area contributed by atoms with Crippen LogP contribution >= 0.6 is 0 Å². The molecule has 6 nitrogen and oxygen atoms in total. The number of ether oxygens (including phenoxy) is 1. The van der Waals surface area contributed by atoms with Crippen LogP contribution < -0.4 is 0 Å².